The third-order valence-corrected chi connectivity index (χ3v) is 4.48. The number of esters is 1. The van der Waals surface area contributed by atoms with Crippen LogP contribution in [0.3, 0.4) is 0 Å². The number of hydrogen-bond acceptors (Lipinski definition) is 5. The number of phenols is 1. The molecule has 2 aromatic heterocycles. The van der Waals surface area contributed by atoms with Crippen molar-refractivity contribution in [1.29, 1.82) is 0 Å². The van der Waals surface area contributed by atoms with Gasteiger partial charge in [-0.1, -0.05) is 0 Å². The molecule has 0 aliphatic carbocycles. The molecule has 0 radical (unpaired) electrons. The molecule has 0 aliphatic rings. The summed E-state index contributed by atoms with van der Waals surface area (Å²) in [5.41, 5.74) is 1.91. The van der Waals surface area contributed by atoms with Gasteiger partial charge in [0.2, 0.25) is 0 Å². The van der Waals surface area contributed by atoms with Gasteiger partial charge in [-0.25, -0.2) is 14.2 Å². The Morgan fingerprint density at radius 1 is 1.41 bits per heavy atom. The fourth-order valence-corrected chi connectivity index (χ4v) is 3.30. The summed E-state index contributed by atoms with van der Waals surface area (Å²) in [4.78, 5) is 18.7. The predicted octanol–water partition coefficient (Wildman–Crippen LogP) is 2.51. The number of halogens is 1. The molecule has 0 amide bonds. The van der Waals surface area contributed by atoms with E-state index in [4.69, 9.17) is 4.74 Å². The van der Waals surface area contributed by atoms with Gasteiger partial charge in [-0.05, 0) is 21.0 Å². The molecule has 0 aliphatic heterocycles. The Balaban J connectivity index is 2.35. The monoisotopic (exact) mass is 374 g/mol. The Bertz CT molecular complexity index is 977. The number of hydrogen-bond donors (Lipinski definition) is 1. The van der Waals surface area contributed by atoms with Gasteiger partial charge in [0.15, 0.2) is 11.6 Å². The van der Waals surface area contributed by atoms with Crippen LogP contribution in [-0.2, 0) is 24.9 Å². The van der Waals surface area contributed by atoms with Crippen molar-refractivity contribution in [2.24, 2.45) is 7.05 Å². The number of carbonyl (C=O) groups is 1. The number of fused-ring (bicyclic) bond motifs is 1. The highest BCUT2D eigenvalue weighted by Gasteiger charge is 2.27. The Morgan fingerprint density at radius 3 is 2.74 bits per heavy atom. The molecule has 8 heteroatoms. The summed E-state index contributed by atoms with van der Waals surface area (Å²) in [6, 6.07) is 1.25. The van der Waals surface area contributed by atoms with Gasteiger partial charge >= 0.3 is 5.97 Å². The van der Waals surface area contributed by atoms with Crippen molar-refractivity contribution in [2.45, 2.75) is 20.0 Å². The second-order valence-corrected chi connectivity index (χ2v) is 6.65. The maximum atomic E-state index is 14.5. The first-order valence-electron chi connectivity index (χ1n) is 8.64. The molecule has 0 saturated heterocycles. The highest BCUT2D eigenvalue weighted by molar-refractivity contribution is 6.08. The molecule has 1 aromatic carbocycles. The summed E-state index contributed by atoms with van der Waals surface area (Å²) in [5.74, 6) is -1.69. The third-order valence-electron chi connectivity index (χ3n) is 4.48. The van der Waals surface area contributed by atoms with Crippen LogP contribution in [0.2, 0.25) is 0 Å². The Morgan fingerprint density at radius 2 is 2.15 bits per heavy atom. The van der Waals surface area contributed by atoms with Crippen LogP contribution in [-0.4, -0.2) is 50.8 Å². The normalized spacial score (nSPS) is 11.5. The Labute approximate surface area is 156 Å². The molecular weight excluding hydrogens is 351 g/mol. The number of aromatic nitrogens is 3. The summed E-state index contributed by atoms with van der Waals surface area (Å²) in [5, 5.41) is 10.9. The molecule has 0 bridgehead atoms. The van der Waals surface area contributed by atoms with E-state index in [9.17, 15) is 14.3 Å². The van der Waals surface area contributed by atoms with Gasteiger partial charge in [0.1, 0.15) is 0 Å². The van der Waals surface area contributed by atoms with E-state index in [1.165, 1.54) is 6.07 Å². The summed E-state index contributed by atoms with van der Waals surface area (Å²) >= 11 is 0. The van der Waals surface area contributed by atoms with Crippen LogP contribution in [0.1, 0.15) is 28.5 Å². The topological polar surface area (TPSA) is 72.5 Å². The lowest BCUT2D eigenvalue weighted by molar-refractivity contribution is 0.0526. The molecule has 0 spiro atoms. The van der Waals surface area contributed by atoms with Gasteiger partial charge in [0.25, 0.3) is 0 Å². The number of imidazole rings is 1. The first-order valence-corrected chi connectivity index (χ1v) is 8.64. The molecule has 0 atom stereocenters. The van der Waals surface area contributed by atoms with Crippen LogP contribution in [0.4, 0.5) is 4.39 Å². The summed E-state index contributed by atoms with van der Waals surface area (Å²) < 4.78 is 23.2. The summed E-state index contributed by atoms with van der Waals surface area (Å²) in [6.45, 7) is 2.60. The fourth-order valence-electron chi connectivity index (χ4n) is 3.30. The number of aryl methyl sites for hydroxylation is 1. The van der Waals surface area contributed by atoms with Crippen molar-refractivity contribution in [3.05, 3.63) is 47.4 Å². The highest BCUT2D eigenvalue weighted by Crippen LogP contribution is 2.37. The largest absolute Gasteiger partial charge is 0.505 e. The van der Waals surface area contributed by atoms with Crippen molar-refractivity contribution in [3.63, 3.8) is 0 Å². The van der Waals surface area contributed by atoms with Crippen molar-refractivity contribution < 1.29 is 19.0 Å². The zero-order valence-electron chi connectivity index (χ0n) is 15.9. The number of ether oxygens (including phenoxy) is 1. The number of rotatable bonds is 6. The van der Waals surface area contributed by atoms with E-state index in [2.05, 4.69) is 4.98 Å². The van der Waals surface area contributed by atoms with Crippen LogP contribution in [0.5, 0.6) is 5.75 Å². The fraction of sp³-hybridized carbons (Fsp3) is 0.368. The molecular formula is C19H23FN4O3. The Kier molecular flexibility index (Phi) is 5.18. The van der Waals surface area contributed by atoms with Crippen molar-refractivity contribution in [2.75, 3.05) is 20.7 Å². The number of aromatic hydroxyl groups is 1. The second kappa shape index (κ2) is 7.40. The second-order valence-electron chi connectivity index (χ2n) is 6.65. The van der Waals surface area contributed by atoms with Crippen molar-refractivity contribution in [1.82, 2.24) is 19.0 Å². The van der Waals surface area contributed by atoms with Gasteiger partial charge < -0.3 is 23.9 Å². The molecule has 144 valence electrons. The number of nitrogens with zero attached hydrogens (tertiary/aromatic N) is 4. The van der Waals surface area contributed by atoms with E-state index in [0.29, 0.717) is 34.3 Å². The van der Waals surface area contributed by atoms with Crippen LogP contribution in [0.15, 0.2) is 24.8 Å². The molecule has 7 nitrogen and oxygen atoms in total. The lowest BCUT2D eigenvalue weighted by Gasteiger charge is -2.13. The van der Waals surface area contributed by atoms with Gasteiger partial charge in [0, 0.05) is 48.7 Å². The Hall–Kier alpha value is -2.87. The standard InChI is InChI=1S/C19H23FN4O3/c1-5-27-19(26)17-15(10-22(2)3)23(4)14-8-13(20)18(25)12(16(14)17)9-24-7-6-21-11-24/h6-8,11,25H,5,9-10H2,1-4H3. The summed E-state index contributed by atoms with van der Waals surface area (Å²) in [6.07, 6.45) is 4.88. The first-order chi connectivity index (χ1) is 12.8. The average Bonchev–Trinajstić information content (AvgIpc) is 3.20. The van der Waals surface area contributed by atoms with Crippen molar-refractivity contribution >= 4 is 16.9 Å². The molecule has 0 unspecified atom stereocenters. The number of phenolic OH excluding ortho intramolecular Hbond substituents is 1. The van der Waals surface area contributed by atoms with E-state index in [-0.39, 0.29) is 13.2 Å². The zero-order valence-corrected chi connectivity index (χ0v) is 15.9. The predicted molar refractivity (Wildman–Crippen MR) is 99.2 cm³/mol. The third kappa shape index (κ3) is 3.40. The average molecular weight is 374 g/mol. The molecule has 0 fully saturated rings. The maximum absolute atomic E-state index is 14.5. The lowest BCUT2D eigenvalue weighted by Crippen LogP contribution is -2.17. The van der Waals surface area contributed by atoms with E-state index in [0.717, 1.165) is 0 Å². The first kappa shape index (κ1) is 18.9. The summed E-state index contributed by atoms with van der Waals surface area (Å²) in [7, 11) is 5.55. The highest BCUT2D eigenvalue weighted by atomic mass is 19.1. The molecule has 3 aromatic rings. The van der Waals surface area contributed by atoms with E-state index in [1.807, 2.05) is 19.0 Å². The minimum absolute atomic E-state index is 0.178. The van der Waals surface area contributed by atoms with Crippen LogP contribution < -0.4 is 0 Å². The van der Waals surface area contributed by atoms with Crippen LogP contribution >= 0.6 is 0 Å². The van der Waals surface area contributed by atoms with Gasteiger partial charge in [-0.3, -0.25) is 0 Å². The van der Waals surface area contributed by atoms with E-state index in [1.54, 1.807) is 41.8 Å². The SMILES string of the molecule is CCOC(=O)c1c(CN(C)C)n(C)c2cc(F)c(O)c(Cn3ccnc3)c12. The minimum Gasteiger partial charge on any atom is -0.505 e. The van der Waals surface area contributed by atoms with Crippen molar-refractivity contribution in [3.8, 4) is 5.75 Å². The quantitative estimate of drug-likeness (QED) is 0.671. The minimum atomic E-state index is -0.731. The molecule has 27 heavy (non-hydrogen) atoms. The molecule has 2 heterocycles. The number of carbonyl (C=O) groups excluding carboxylic acids is 1. The zero-order chi connectivity index (χ0) is 19.7. The van der Waals surface area contributed by atoms with Crippen LogP contribution in [0, 0.1) is 5.82 Å². The van der Waals surface area contributed by atoms with E-state index >= 15 is 0 Å². The maximum Gasteiger partial charge on any atom is 0.340 e. The molecule has 1 N–H and O–H groups in total. The van der Waals surface area contributed by atoms with Gasteiger partial charge in [-0.2, -0.15) is 0 Å². The van der Waals surface area contributed by atoms with Gasteiger partial charge in [0.05, 0.1) is 30.6 Å². The number of benzene rings is 1. The van der Waals surface area contributed by atoms with E-state index < -0.39 is 17.5 Å². The van der Waals surface area contributed by atoms with Gasteiger partial charge in [-0.15, -0.1) is 0 Å². The molecule has 0 saturated carbocycles. The lowest BCUT2D eigenvalue weighted by atomic mass is 10.0. The van der Waals surface area contributed by atoms with Crippen LogP contribution in [0.25, 0.3) is 10.9 Å². The smallest absolute Gasteiger partial charge is 0.340 e. The molecule has 3 rings (SSSR count).